The standard InChI is InChI=1S/C16H12ClF2N5OS/c17-11-4-2-1-3-10(11)15-22-23-16(24(15)20)26-8-14(25)21-13-6-5-9(18)7-12(13)19/h1-7H,8,20H2,(H,21,25). The number of carbonyl (C=O) groups excluding carboxylic acids is 1. The van der Waals surface area contributed by atoms with E-state index in [1.807, 2.05) is 0 Å². The smallest absolute Gasteiger partial charge is 0.234 e. The number of nitrogens with two attached hydrogens (primary N) is 1. The van der Waals surface area contributed by atoms with Crippen LogP contribution < -0.4 is 11.2 Å². The van der Waals surface area contributed by atoms with E-state index >= 15 is 0 Å². The van der Waals surface area contributed by atoms with Crippen LogP contribution in [0, 0.1) is 11.6 Å². The van der Waals surface area contributed by atoms with Crippen LogP contribution in [-0.2, 0) is 4.79 Å². The summed E-state index contributed by atoms with van der Waals surface area (Å²) in [5.74, 6) is 4.15. The van der Waals surface area contributed by atoms with E-state index in [1.54, 1.807) is 24.3 Å². The summed E-state index contributed by atoms with van der Waals surface area (Å²) < 4.78 is 27.6. The average Bonchev–Trinajstić information content (AvgIpc) is 2.97. The second-order valence-electron chi connectivity index (χ2n) is 5.12. The van der Waals surface area contributed by atoms with Crippen LogP contribution in [0.15, 0.2) is 47.6 Å². The Labute approximate surface area is 156 Å². The third kappa shape index (κ3) is 3.94. The highest BCUT2D eigenvalue weighted by Gasteiger charge is 2.16. The largest absolute Gasteiger partial charge is 0.335 e. The van der Waals surface area contributed by atoms with E-state index in [-0.39, 0.29) is 16.6 Å². The van der Waals surface area contributed by atoms with Crippen molar-refractivity contribution in [3.05, 3.63) is 59.1 Å². The van der Waals surface area contributed by atoms with Crippen molar-refractivity contribution < 1.29 is 13.6 Å². The number of rotatable bonds is 5. The van der Waals surface area contributed by atoms with Gasteiger partial charge in [0.1, 0.15) is 11.6 Å². The Morgan fingerprint density at radius 1 is 1.23 bits per heavy atom. The summed E-state index contributed by atoms with van der Waals surface area (Å²) in [7, 11) is 0. The Morgan fingerprint density at radius 3 is 2.73 bits per heavy atom. The fraction of sp³-hybridized carbons (Fsp3) is 0.0625. The van der Waals surface area contributed by atoms with E-state index < -0.39 is 17.5 Å². The number of nitrogen functional groups attached to an aromatic ring is 1. The molecule has 1 amide bonds. The lowest BCUT2D eigenvalue weighted by Gasteiger charge is -2.07. The Hall–Kier alpha value is -2.65. The minimum absolute atomic E-state index is 0.0886. The van der Waals surface area contributed by atoms with Crippen molar-refractivity contribution in [3.63, 3.8) is 0 Å². The molecule has 0 fully saturated rings. The molecule has 1 aromatic heterocycles. The van der Waals surface area contributed by atoms with Gasteiger partial charge in [-0.2, -0.15) is 0 Å². The van der Waals surface area contributed by atoms with Gasteiger partial charge in [-0.15, -0.1) is 10.2 Å². The fourth-order valence-corrected chi connectivity index (χ4v) is 2.99. The number of halogens is 3. The lowest BCUT2D eigenvalue weighted by atomic mass is 10.2. The van der Waals surface area contributed by atoms with Crippen LogP contribution in [0.3, 0.4) is 0 Å². The van der Waals surface area contributed by atoms with Gasteiger partial charge in [-0.05, 0) is 24.3 Å². The van der Waals surface area contributed by atoms with Gasteiger partial charge in [0.2, 0.25) is 11.1 Å². The van der Waals surface area contributed by atoms with Gasteiger partial charge in [0.15, 0.2) is 5.82 Å². The van der Waals surface area contributed by atoms with E-state index in [2.05, 4.69) is 15.5 Å². The fourth-order valence-electron chi connectivity index (χ4n) is 2.11. The predicted molar refractivity (Wildman–Crippen MR) is 96.3 cm³/mol. The van der Waals surface area contributed by atoms with Gasteiger partial charge < -0.3 is 11.2 Å². The number of nitrogens with one attached hydrogen (secondary N) is 1. The van der Waals surface area contributed by atoms with E-state index in [1.165, 1.54) is 4.68 Å². The van der Waals surface area contributed by atoms with E-state index in [4.69, 9.17) is 17.4 Å². The van der Waals surface area contributed by atoms with E-state index in [0.717, 1.165) is 23.9 Å². The number of aromatic nitrogens is 3. The van der Waals surface area contributed by atoms with Crippen molar-refractivity contribution in [1.82, 2.24) is 14.9 Å². The first kappa shape index (κ1) is 18.2. The summed E-state index contributed by atoms with van der Waals surface area (Å²) >= 11 is 7.13. The van der Waals surface area contributed by atoms with Crippen LogP contribution >= 0.6 is 23.4 Å². The maximum absolute atomic E-state index is 13.5. The van der Waals surface area contributed by atoms with Gasteiger partial charge in [-0.3, -0.25) is 4.79 Å². The first-order chi connectivity index (χ1) is 12.5. The Balaban J connectivity index is 1.67. The van der Waals surface area contributed by atoms with Crippen LogP contribution in [0.4, 0.5) is 14.5 Å². The molecule has 0 atom stereocenters. The van der Waals surface area contributed by atoms with Crippen LogP contribution in [0.1, 0.15) is 0 Å². The highest BCUT2D eigenvalue weighted by molar-refractivity contribution is 7.99. The molecule has 6 nitrogen and oxygen atoms in total. The number of carbonyl (C=O) groups is 1. The zero-order valence-corrected chi connectivity index (χ0v) is 14.7. The van der Waals surface area contributed by atoms with Gasteiger partial charge in [0.05, 0.1) is 16.5 Å². The molecule has 26 heavy (non-hydrogen) atoms. The van der Waals surface area contributed by atoms with Crippen LogP contribution in [0.5, 0.6) is 0 Å². The zero-order valence-electron chi connectivity index (χ0n) is 13.1. The van der Waals surface area contributed by atoms with Crippen molar-refractivity contribution in [2.75, 3.05) is 16.9 Å². The van der Waals surface area contributed by atoms with Crippen molar-refractivity contribution >= 4 is 35.0 Å². The SMILES string of the molecule is Nn1c(SCC(=O)Nc2ccc(F)cc2F)nnc1-c1ccccc1Cl. The number of hydrogen-bond acceptors (Lipinski definition) is 5. The molecule has 3 N–H and O–H groups in total. The molecule has 0 unspecified atom stereocenters. The second-order valence-corrected chi connectivity index (χ2v) is 6.47. The number of anilines is 1. The molecule has 0 spiro atoms. The maximum Gasteiger partial charge on any atom is 0.234 e. The van der Waals surface area contributed by atoms with Crippen molar-refractivity contribution in [2.45, 2.75) is 5.16 Å². The molecule has 0 aliphatic rings. The molecule has 0 radical (unpaired) electrons. The van der Waals surface area contributed by atoms with Crippen molar-refractivity contribution in [2.24, 2.45) is 0 Å². The molecule has 0 bridgehead atoms. The number of nitrogens with zero attached hydrogens (tertiary/aromatic N) is 3. The predicted octanol–water partition coefficient (Wildman–Crippen LogP) is 3.32. The highest BCUT2D eigenvalue weighted by Crippen LogP contribution is 2.27. The third-order valence-electron chi connectivity index (χ3n) is 3.32. The number of benzene rings is 2. The van der Waals surface area contributed by atoms with Gasteiger partial charge in [0, 0.05) is 11.6 Å². The molecule has 10 heteroatoms. The molecule has 2 aromatic carbocycles. The summed E-state index contributed by atoms with van der Waals surface area (Å²) in [4.78, 5) is 12.0. The monoisotopic (exact) mass is 395 g/mol. The molecule has 3 aromatic rings. The molecule has 0 saturated carbocycles. The molecular formula is C16H12ClF2N5OS. The Morgan fingerprint density at radius 2 is 2.00 bits per heavy atom. The van der Waals surface area contributed by atoms with Gasteiger partial charge in [0.25, 0.3) is 0 Å². The number of thioether (sulfide) groups is 1. The van der Waals surface area contributed by atoms with E-state index in [0.29, 0.717) is 22.5 Å². The topological polar surface area (TPSA) is 85.8 Å². The minimum Gasteiger partial charge on any atom is -0.335 e. The van der Waals surface area contributed by atoms with Crippen molar-refractivity contribution in [3.8, 4) is 11.4 Å². The quantitative estimate of drug-likeness (QED) is 0.511. The molecular weight excluding hydrogens is 384 g/mol. The first-order valence-corrected chi connectivity index (χ1v) is 8.65. The summed E-state index contributed by atoms with van der Waals surface area (Å²) in [6, 6.07) is 9.89. The molecule has 0 saturated heterocycles. The zero-order chi connectivity index (χ0) is 18.7. The second kappa shape index (κ2) is 7.71. The summed E-state index contributed by atoms with van der Waals surface area (Å²) in [5, 5.41) is 11.0. The molecule has 3 rings (SSSR count). The van der Waals surface area contributed by atoms with Crippen LogP contribution in [0.25, 0.3) is 11.4 Å². The van der Waals surface area contributed by atoms with E-state index in [9.17, 15) is 13.6 Å². The average molecular weight is 396 g/mol. The molecule has 1 heterocycles. The lowest BCUT2D eigenvalue weighted by Crippen LogP contribution is -2.17. The van der Waals surface area contributed by atoms with Gasteiger partial charge in [-0.1, -0.05) is 35.5 Å². The molecule has 0 aliphatic carbocycles. The number of hydrogen-bond donors (Lipinski definition) is 2. The summed E-state index contributed by atoms with van der Waals surface area (Å²) in [6.45, 7) is 0. The molecule has 0 aliphatic heterocycles. The third-order valence-corrected chi connectivity index (χ3v) is 4.59. The normalized spacial score (nSPS) is 10.7. The molecule has 134 valence electrons. The Bertz CT molecular complexity index is 966. The van der Waals surface area contributed by atoms with Crippen molar-refractivity contribution in [1.29, 1.82) is 0 Å². The maximum atomic E-state index is 13.5. The van der Waals surface area contributed by atoms with Gasteiger partial charge in [-0.25, -0.2) is 13.5 Å². The lowest BCUT2D eigenvalue weighted by molar-refractivity contribution is -0.113. The summed E-state index contributed by atoms with van der Waals surface area (Å²) in [6.07, 6.45) is 0. The highest BCUT2D eigenvalue weighted by atomic mass is 35.5. The first-order valence-electron chi connectivity index (χ1n) is 7.29. The summed E-state index contributed by atoms with van der Waals surface area (Å²) in [5.41, 5.74) is 0.497. The van der Waals surface area contributed by atoms with Crippen LogP contribution in [-0.4, -0.2) is 26.5 Å². The van der Waals surface area contributed by atoms with Crippen LogP contribution in [0.2, 0.25) is 5.02 Å². The number of amides is 1. The Kier molecular flexibility index (Phi) is 5.38. The minimum atomic E-state index is -0.855. The van der Waals surface area contributed by atoms with Gasteiger partial charge >= 0.3 is 0 Å².